The molecule has 0 N–H and O–H groups in total. The van der Waals surface area contributed by atoms with E-state index in [2.05, 4.69) is 4.90 Å². The topological polar surface area (TPSA) is 3.24 Å². The van der Waals surface area contributed by atoms with E-state index in [9.17, 15) is 13.2 Å². The van der Waals surface area contributed by atoms with Crippen molar-refractivity contribution < 1.29 is 13.2 Å². The first-order chi connectivity index (χ1) is 6.80. The van der Waals surface area contributed by atoms with Crippen LogP contribution in [0.4, 0.5) is 13.2 Å². The Morgan fingerprint density at radius 2 is 1.87 bits per heavy atom. The Hall–Kier alpha value is -0.250. The molecule has 1 nitrogen and oxygen atoms in total. The molecular weight excluding hydrogens is 203 g/mol. The maximum atomic E-state index is 12.6. The van der Waals surface area contributed by atoms with Crippen LogP contribution < -0.4 is 0 Å². The van der Waals surface area contributed by atoms with E-state index in [1.807, 2.05) is 20.8 Å². The zero-order valence-corrected chi connectivity index (χ0v) is 9.64. The number of hydrogen-bond donors (Lipinski definition) is 0. The SMILES string of the molecule is CC1CC(C(F)(F)F)CCN(C(C)C)C1. The predicted octanol–water partition coefficient (Wildman–Crippen LogP) is 3.31. The zero-order valence-electron chi connectivity index (χ0n) is 9.64. The minimum absolute atomic E-state index is 0.140. The highest BCUT2D eigenvalue weighted by Crippen LogP contribution is 2.36. The lowest BCUT2D eigenvalue weighted by Gasteiger charge is -2.26. The minimum atomic E-state index is -4.01. The first-order valence-electron chi connectivity index (χ1n) is 5.61. The van der Waals surface area contributed by atoms with Crippen LogP contribution in [0.5, 0.6) is 0 Å². The number of halogens is 3. The van der Waals surface area contributed by atoms with Gasteiger partial charge < -0.3 is 4.90 Å². The number of alkyl halides is 3. The Labute approximate surface area is 89.6 Å². The molecule has 0 spiro atoms. The molecule has 0 saturated carbocycles. The second-order valence-electron chi connectivity index (χ2n) is 4.96. The van der Waals surface area contributed by atoms with Crippen LogP contribution in [-0.4, -0.2) is 30.2 Å². The van der Waals surface area contributed by atoms with E-state index >= 15 is 0 Å². The fourth-order valence-corrected chi connectivity index (χ4v) is 2.26. The highest BCUT2D eigenvalue weighted by Gasteiger charge is 2.41. The molecule has 0 aromatic carbocycles. The molecule has 4 heteroatoms. The minimum Gasteiger partial charge on any atom is -0.301 e. The lowest BCUT2D eigenvalue weighted by Crippen LogP contribution is -2.34. The third-order valence-electron chi connectivity index (χ3n) is 3.19. The van der Waals surface area contributed by atoms with Gasteiger partial charge in [-0.2, -0.15) is 13.2 Å². The van der Waals surface area contributed by atoms with Gasteiger partial charge in [0.25, 0.3) is 0 Å². The summed E-state index contributed by atoms with van der Waals surface area (Å²) in [6, 6.07) is 0.347. The van der Waals surface area contributed by atoms with Gasteiger partial charge in [0.1, 0.15) is 0 Å². The van der Waals surface area contributed by atoms with Gasteiger partial charge in [0, 0.05) is 12.6 Å². The summed E-state index contributed by atoms with van der Waals surface area (Å²) in [4.78, 5) is 2.15. The number of hydrogen-bond acceptors (Lipinski definition) is 1. The Morgan fingerprint density at radius 3 is 2.33 bits per heavy atom. The molecular formula is C11H20F3N. The zero-order chi connectivity index (χ0) is 11.6. The van der Waals surface area contributed by atoms with Crippen LogP contribution in [0, 0.1) is 11.8 Å². The fourth-order valence-electron chi connectivity index (χ4n) is 2.26. The maximum Gasteiger partial charge on any atom is 0.391 e. The highest BCUT2D eigenvalue weighted by molar-refractivity contribution is 4.79. The summed E-state index contributed by atoms with van der Waals surface area (Å²) < 4.78 is 37.8. The molecule has 90 valence electrons. The summed E-state index contributed by atoms with van der Waals surface area (Å²) in [7, 11) is 0. The van der Waals surface area contributed by atoms with E-state index in [0.29, 0.717) is 12.6 Å². The molecule has 0 amide bonds. The van der Waals surface area contributed by atoms with Gasteiger partial charge in [-0.15, -0.1) is 0 Å². The van der Waals surface area contributed by atoms with Gasteiger partial charge in [-0.05, 0) is 39.2 Å². The van der Waals surface area contributed by atoms with Crippen LogP contribution in [0.1, 0.15) is 33.6 Å². The van der Waals surface area contributed by atoms with Gasteiger partial charge >= 0.3 is 6.18 Å². The van der Waals surface area contributed by atoms with Crippen LogP contribution in [0.3, 0.4) is 0 Å². The van der Waals surface area contributed by atoms with E-state index in [1.165, 1.54) is 0 Å². The summed E-state index contributed by atoms with van der Waals surface area (Å²) >= 11 is 0. The van der Waals surface area contributed by atoms with Crippen molar-refractivity contribution in [3.63, 3.8) is 0 Å². The number of likely N-dealkylation sites (tertiary alicyclic amines) is 1. The molecule has 1 aliphatic heterocycles. The standard InChI is InChI=1S/C11H20F3N/c1-8(2)15-5-4-10(11(12,13)14)6-9(3)7-15/h8-10H,4-7H2,1-3H3. The number of nitrogens with zero attached hydrogens (tertiary/aromatic N) is 1. The monoisotopic (exact) mass is 223 g/mol. The van der Waals surface area contributed by atoms with Crippen molar-refractivity contribution in [2.75, 3.05) is 13.1 Å². The van der Waals surface area contributed by atoms with Gasteiger partial charge in [-0.25, -0.2) is 0 Å². The smallest absolute Gasteiger partial charge is 0.301 e. The van der Waals surface area contributed by atoms with Crippen molar-refractivity contribution in [3.8, 4) is 0 Å². The summed E-state index contributed by atoms with van der Waals surface area (Å²) in [5.41, 5.74) is 0. The highest BCUT2D eigenvalue weighted by atomic mass is 19.4. The normalized spacial score (nSPS) is 30.6. The van der Waals surface area contributed by atoms with Gasteiger partial charge in [0.2, 0.25) is 0 Å². The van der Waals surface area contributed by atoms with E-state index in [4.69, 9.17) is 0 Å². The van der Waals surface area contributed by atoms with E-state index in [1.54, 1.807) is 0 Å². The molecule has 2 unspecified atom stereocenters. The van der Waals surface area contributed by atoms with Crippen molar-refractivity contribution in [1.82, 2.24) is 4.90 Å². The summed E-state index contributed by atoms with van der Waals surface area (Å²) in [6.45, 7) is 7.37. The van der Waals surface area contributed by atoms with E-state index in [-0.39, 0.29) is 18.8 Å². The number of rotatable bonds is 1. The van der Waals surface area contributed by atoms with Crippen molar-refractivity contribution in [2.24, 2.45) is 11.8 Å². The summed E-state index contributed by atoms with van der Waals surface area (Å²) in [5.74, 6) is -0.960. The largest absolute Gasteiger partial charge is 0.391 e. The molecule has 1 fully saturated rings. The lowest BCUT2D eigenvalue weighted by atomic mass is 9.94. The third-order valence-corrected chi connectivity index (χ3v) is 3.19. The molecule has 15 heavy (non-hydrogen) atoms. The van der Waals surface area contributed by atoms with Crippen LogP contribution in [0.25, 0.3) is 0 Å². The second-order valence-corrected chi connectivity index (χ2v) is 4.96. The van der Waals surface area contributed by atoms with Crippen molar-refractivity contribution in [2.45, 2.75) is 45.8 Å². The summed E-state index contributed by atoms with van der Waals surface area (Å²) in [6.07, 6.45) is -3.47. The van der Waals surface area contributed by atoms with Crippen molar-refractivity contribution in [3.05, 3.63) is 0 Å². The van der Waals surface area contributed by atoms with E-state index in [0.717, 1.165) is 6.54 Å². The van der Waals surface area contributed by atoms with Crippen LogP contribution in [0.2, 0.25) is 0 Å². The molecule has 1 rings (SSSR count). The van der Waals surface area contributed by atoms with Crippen LogP contribution >= 0.6 is 0 Å². The quantitative estimate of drug-likeness (QED) is 0.659. The first-order valence-corrected chi connectivity index (χ1v) is 5.61. The lowest BCUT2D eigenvalue weighted by molar-refractivity contribution is -0.179. The molecule has 1 saturated heterocycles. The van der Waals surface area contributed by atoms with Gasteiger partial charge in [0.05, 0.1) is 5.92 Å². The molecule has 1 heterocycles. The molecule has 0 bridgehead atoms. The Morgan fingerprint density at radius 1 is 1.27 bits per heavy atom. The third kappa shape index (κ3) is 3.67. The van der Waals surface area contributed by atoms with E-state index < -0.39 is 12.1 Å². The summed E-state index contributed by atoms with van der Waals surface area (Å²) in [5, 5.41) is 0. The average Bonchev–Trinajstić information content (AvgIpc) is 2.25. The molecule has 0 radical (unpaired) electrons. The molecule has 0 aromatic heterocycles. The molecule has 2 atom stereocenters. The molecule has 0 aliphatic carbocycles. The fraction of sp³-hybridized carbons (Fsp3) is 1.00. The Kier molecular flexibility index (Phi) is 4.04. The van der Waals surface area contributed by atoms with Crippen LogP contribution in [0.15, 0.2) is 0 Å². The molecule has 1 aliphatic rings. The Balaban J connectivity index is 2.62. The van der Waals surface area contributed by atoms with Crippen LogP contribution in [-0.2, 0) is 0 Å². The average molecular weight is 223 g/mol. The predicted molar refractivity (Wildman–Crippen MR) is 54.7 cm³/mol. The Bertz CT molecular complexity index is 200. The van der Waals surface area contributed by atoms with Gasteiger partial charge in [-0.3, -0.25) is 0 Å². The van der Waals surface area contributed by atoms with Crippen molar-refractivity contribution in [1.29, 1.82) is 0 Å². The maximum absolute atomic E-state index is 12.6. The first kappa shape index (κ1) is 12.8. The second kappa shape index (κ2) is 4.73. The van der Waals surface area contributed by atoms with Crippen molar-refractivity contribution >= 4 is 0 Å². The van der Waals surface area contributed by atoms with Gasteiger partial charge in [0.15, 0.2) is 0 Å². The van der Waals surface area contributed by atoms with Gasteiger partial charge in [-0.1, -0.05) is 6.92 Å². The molecule has 0 aromatic rings.